The van der Waals surface area contributed by atoms with Gasteiger partial charge < -0.3 is 9.15 Å². The molecule has 1 N–H and O–H groups in total. The number of thiazole rings is 1. The van der Waals surface area contributed by atoms with E-state index < -0.39 is 4.92 Å². The fourth-order valence-corrected chi connectivity index (χ4v) is 3.71. The molecule has 0 radical (unpaired) electrons. The van der Waals surface area contributed by atoms with Crippen molar-refractivity contribution in [3.63, 3.8) is 0 Å². The number of ether oxygens (including phenoxy) is 1. The first-order chi connectivity index (χ1) is 14.0. The minimum Gasteiger partial charge on any atom is -0.496 e. The normalized spacial score (nSPS) is 11.2. The van der Waals surface area contributed by atoms with Crippen molar-refractivity contribution in [1.82, 2.24) is 4.98 Å². The third-order valence-electron chi connectivity index (χ3n) is 4.18. The molecule has 0 unspecified atom stereocenters. The number of nitrogens with zero attached hydrogens (tertiary/aromatic N) is 3. The number of anilines is 1. The molecule has 8 nitrogen and oxygen atoms in total. The van der Waals surface area contributed by atoms with E-state index in [-0.39, 0.29) is 5.69 Å². The Morgan fingerprint density at radius 1 is 1.24 bits per heavy atom. The van der Waals surface area contributed by atoms with Crippen LogP contribution in [0.25, 0.3) is 21.5 Å². The molecule has 0 aliphatic rings. The van der Waals surface area contributed by atoms with Crippen LogP contribution in [0.3, 0.4) is 0 Å². The largest absolute Gasteiger partial charge is 0.496 e. The van der Waals surface area contributed by atoms with Crippen LogP contribution < -0.4 is 10.2 Å². The zero-order valence-corrected chi connectivity index (χ0v) is 16.4. The highest BCUT2D eigenvalue weighted by Gasteiger charge is 2.15. The molecule has 0 aliphatic heterocycles. The van der Waals surface area contributed by atoms with E-state index in [1.165, 1.54) is 36.1 Å². The van der Waals surface area contributed by atoms with E-state index in [2.05, 4.69) is 21.6 Å². The second kappa shape index (κ2) is 7.72. The molecule has 2 heterocycles. The van der Waals surface area contributed by atoms with Crippen molar-refractivity contribution in [2.24, 2.45) is 5.10 Å². The van der Waals surface area contributed by atoms with Crippen molar-refractivity contribution in [1.29, 1.82) is 0 Å². The number of rotatable bonds is 6. The minimum absolute atomic E-state index is 0.0471. The number of hydrogen-bond acceptors (Lipinski definition) is 8. The zero-order chi connectivity index (χ0) is 20.4. The van der Waals surface area contributed by atoms with Crippen LogP contribution >= 0.6 is 11.3 Å². The van der Waals surface area contributed by atoms with Crippen LogP contribution in [0.2, 0.25) is 0 Å². The Hall–Kier alpha value is -3.72. The molecule has 0 saturated carbocycles. The summed E-state index contributed by atoms with van der Waals surface area (Å²) in [6, 6.07) is 14.0. The molecule has 146 valence electrons. The van der Waals surface area contributed by atoms with Gasteiger partial charge >= 0.3 is 0 Å². The Morgan fingerprint density at radius 2 is 2.10 bits per heavy atom. The van der Waals surface area contributed by atoms with E-state index in [1.54, 1.807) is 24.4 Å². The number of fused-ring (bicyclic) bond motifs is 1. The average molecular weight is 408 g/mol. The molecule has 9 heteroatoms. The molecule has 29 heavy (non-hydrogen) atoms. The lowest BCUT2D eigenvalue weighted by molar-refractivity contribution is -0.384. The SMILES string of the molecule is COc1cc([N+](=O)[O-])ccc1-c1ccc(/C=N\Nc2nc3ccc(C)cc3s2)o1. The summed E-state index contributed by atoms with van der Waals surface area (Å²) in [5, 5.41) is 15.8. The van der Waals surface area contributed by atoms with Gasteiger partial charge in [0, 0.05) is 6.07 Å². The highest BCUT2D eigenvalue weighted by molar-refractivity contribution is 7.22. The van der Waals surface area contributed by atoms with Crippen LogP contribution in [0.4, 0.5) is 10.8 Å². The van der Waals surface area contributed by atoms with Gasteiger partial charge in [-0.3, -0.25) is 15.5 Å². The number of hydrazone groups is 1. The van der Waals surface area contributed by atoms with E-state index in [9.17, 15) is 10.1 Å². The Labute approximate surface area is 169 Å². The Bertz CT molecular complexity index is 1230. The lowest BCUT2D eigenvalue weighted by Gasteiger charge is -2.05. The van der Waals surface area contributed by atoms with E-state index >= 15 is 0 Å². The second-order valence-corrected chi connectivity index (χ2v) is 7.23. The number of nitro groups is 1. The van der Waals surface area contributed by atoms with Crippen LogP contribution in [0.5, 0.6) is 5.75 Å². The first-order valence-corrected chi connectivity index (χ1v) is 9.44. The van der Waals surface area contributed by atoms with Gasteiger partial charge in [-0.2, -0.15) is 5.10 Å². The molecule has 0 saturated heterocycles. The summed E-state index contributed by atoms with van der Waals surface area (Å²) in [7, 11) is 1.46. The van der Waals surface area contributed by atoms with Gasteiger partial charge in [0.05, 0.1) is 40.1 Å². The van der Waals surface area contributed by atoms with Crippen molar-refractivity contribution in [3.05, 3.63) is 70.0 Å². The fourth-order valence-electron chi connectivity index (χ4n) is 2.79. The predicted molar refractivity (Wildman–Crippen MR) is 113 cm³/mol. The monoisotopic (exact) mass is 408 g/mol. The second-order valence-electron chi connectivity index (χ2n) is 6.20. The standard InChI is InChI=1S/C20H16N4O4S/c1-12-3-7-16-19(9-12)29-20(22-16)23-21-11-14-5-8-17(28-14)15-6-4-13(24(25)26)10-18(15)27-2/h3-11H,1-2H3,(H,22,23)/b21-11-. The molecule has 2 aromatic heterocycles. The minimum atomic E-state index is -0.471. The molecule has 0 aliphatic carbocycles. The van der Waals surface area contributed by atoms with E-state index in [0.29, 0.717) is 28.0 Å². The maximum Gasteiger partial charge on any atom is 0.273 e. The van der Waals surface area contributed by atoms with Crippen molar-refractivity contribution < 1.29 is 14.1 Å². The number of non-ortho nitro benzene ring substituents is 1. The van der Waals surface area contributed by atoms with Gasteiger partial charge in [0.15, 0.2) is 0 Å². The number of furan rings is 1. The van der Waals surface area contributed by atoms with Crippen LogP contribution in [-0.4, -0.2) is 23.2 Å². The summed E-state index contributed by atoms with van der Waals surface area (Å²) in [6.45, 7) is 2.04. The number of hydrogen-bond donors (Lipinski definition) is 1. The van der Waals surface area contributed by atoms with Crippen molar-refractivity contribution in [3.8, 4) is 17.1 Å². The Kier molecular flexibility index (Phi) is 4.96. The first kappa shape index (κ1) is 18.6. The highest BCUT2D eigenvalue weighted by atomic mass is 32.1. The molecular formula is C20H16N4O4S. The van der Waals surface area contributed by atoms with Gasteiger partial charge in [0.2, 0.25) is 5.13 Å². The molecule has 2 aromatic carbocycles. The molecule has 4 aromatic rings. The van der Waals surface area contributed by atoms with Crippen molar-refractivity contribution in [2.45, 2.75) is 6.92 Å². The van der Waals surface area contributed by atoms with Gasteiger partial charge in [-0.25, -0.2) is 4.98 Å². The van der Waals surface area contributed by atoms with Crippen molar-refractivity contribution >= 4 is 38.6 Å². The predicted octanol–water partition coefficient (Wildman–Crippen LogP) is 5.23. The molecular weight excluding hydrogens is 392 g/mol. The summed E-state index contributed by atoms with van der Waals surface area (Å²) >= 11 is 1.52. The number of aromatic nitrogens is 1. The number of aryl methyl sites for hydroxylation is 1. The third kappa shape index (κ3) is 3.94. The van der Waals surface area contributed by atoms with Gasteiger partial charge in [-0.1, -0.05) is 17.4 Å². The summed E-state index contributed by atoms with van der Waals surface area (Å²) < 4.78 is 12.1. The maximum absolute atomic E-state index is 10.9. The summed E-state index contributed by atoms with van der Waals surface area (Å²) in [4.78, 5) is 14.9. The smallest absolute Gasteiger partial charge is 0.273 e. The topological polar surface area (TPSA) is 103 Å². The summed E-state index contributed by atoms with van der Waals surface area (Å²) in [6.07, 6.45) is 1.54. The van der Waals surface area contributed by atoms with Crippen LogP contribution in [0.1, 0.15) is 11.3 Å². The molecule has 0 spiro atoms. The van der Waals surface area contributed by atoms with Gasteiger partial charge in [0.1, 0.15) is 17.3 Å². The highest BCUT2D eigenvalue weighted by Crippen LogP contribution is 2.34. The average Bonchev–Trinajstić information content (AvgIpc) is 3.33. The Balaban J connectivity index is 1.51. The molecule has 0 fully saturated rings. The van der Waals surface area contributed by atoms with Gasteiger partial charge in [0.25, 0.3) is 5.69 Å². The number of methoxy groups -OCH3 is 1. The van der Waals surface area contributed by atoms with Crippen LogP contribution in [-0.2, 0) is 0 Å². The number of benzene rings is 2. The maximum atomic E-state index is 10.9. The van der Waals surface area contributed by atoms with E-state index in [0.717, 1.165) is 10.2 Å². The fraction of sp³-hybridized carbons (Fsp3) is 0.100. The number of nitro benzene ring substituents is 1. The van der Waals surface area contributed by atoms with Gasteiger partial charge in [-0.05, 0) is 42.8 Å². The Morgan fingerprint density at radius 3 is 2.90 bits per heavy atom. The van der Waals surface area contributed by atoms with E-state index in [1.807, 2.05) is 19.1 Å². The molecule has 0 atom stereocenters. The molecule has 0 bridgehead atoms. The van der Waals surface area contributed by atoms with Gasteiger partial charge in [-0.15, -0.1) is 0 Å². The third-order valence-corrected chi connectivity index (χ3v) is 5.11. The summed E-state index contributed by atoms with van der Waals surface area (Å²) in [5.41, 5.74) is 5.58. The van der Waals surface area contributed by atoms with Crippen LogP contribution in [0.15, 0.2) is 58.0 Å². The lowest BCUT2D eigenvalue weighted by Crippen LogP contribution is -1.92. The zero-order valence-electron chi connectivity index (χ0n) is 15.6. The molecule has 0 amide bonds. The number of nitrogens with one attached hydrogen (secondary N) is 1. The first-order valence-electron chi connectivity index (χ1n) is 8.62. The van der Waals surface area contributed by atoms with Crippen LogP contribution in [0, 0.1) is 17.0 Å². The lowest BCUT2D eigenvalue weighted by atomic mass is 10.1. The molecule has 4 rings (SSSR count). The van der Waals surface area contributed by atoms with E-state index in [4.69, 9.17) is 9.15 Å². The van der Waals surface area contributed by atoms with Crippen molar-refractivity contribution in [2.75, 3.05) is 12.5 Å². The summed E-state index contributed by atoms with van der Waals surface area (Å²) in [5.74, 6) is 1.40. The quantitative estimate of drug-likeness (QED) is 0.266.